The molecule has 250 valence electrons. The van der Waals surface area contributed by atoms with Crippen LogP contribution in [0.1, 0.15) is 55.3 Å². The number of sulfone groups is 2. The SMILES string of the molecule is CS(=O)(=O)c1ncc(-c2cc(C(=O)NCCC(O)CCC(O)CCC(O)CCC(=O)O)cc(-c3cnc(S(C)(=O)=O)nc3)n2)cn1. The lowest BCUT2D eigenvalue weighted by Crippen LogP contribution is -2.27. The highest BCUT2D eigenvalue weighted by Crippen LogP contribution is 2.24. The first kappa shape index (κ1) is 36.5. The summed E-state index contributed by atoms with van der Waals surface area (Å²) >= 11 is 0. The van der Waals surface area contributed by atoms with Gasteiger partial charge in [-0.2, -0.15) is 0 Å². The lowest BCUT2D eigenvalue weighted by Gasteiger charge is -2.16. The summed E-state index contributed by atoms with van der Waals surface area (Å²) in [6.45, 7) is 0.0787. The number of pyridine rings is 1. The van der Waals surface area contributed by atoms with Gasteiger partial charge in [-0.25, -0.2) is 41.8 Å². The summed E-state index contributed by atoms with van der Waals surface area (Å²) in [6, 6.07) is 2.86. The van der Waals surface area contributed by atoms with E-state index in [9.17, 15) is 41.7 Å². The number of carboxylic acids is 1. The van der Waals surface area contributed by atoms with E-state index >= 15 is 0 Å². The molecule has 5 N–H and O–H groups in total. The Morgan fingerprint density at radius 2 is 1.09 bits per heavy atom. The highest BCUT2D eigenvalue weighted by atomic mass is 32.2. The Kier molecular flexibility index (Phi) is 12.7. The lowest BCUT2D eigenvalue weighted by molar-refractivity contribution is -0.137. The molecule has 3 heterocycles. The molecular weight excluding hydrogens is 644 g/mol. The summed E-state index contributed by atoms with van der Waals surface area (Å²) in [6.07, 6.45) is 5.48. The van der Waals surface area contributed by atoms with Crippen LogP contribution in [0.25, 0.3) is 22.5 Å². The Morgan fingerprint density at radius 1 is 0.696 bits per heavy atom. The highest BCUT2D eigenvalue weighted by molar-refractivity contribution is 7.90. The molecule has 0 aliphatic heterocycles. The fraction of sp³-hybridized carbons (Fsp3) is 0.464. The highest BCUT2D eigenvalue weighted by Gasteiger charge is 2.18. The largest absolute Gasteiger partial charge is 0.481 e. The zero-order chi connectivity index (χ0) is 34.1. The molecule has 16 nitrogen and oxygen atoms in total. The quantitative estimate of drug-likeness (QED) is 0.121. The van der Waals surface area contributed by atoms with E-state index < -0.39 is 60.2 Å². The molecule has 0 aromatic carbocycles. The van der Waals surface area contributed by atoms with E-state index in [1.165, 1.54) is 36.9 Å². The zero-order valence-corrected chi connectivity index (χ0v) is 26.8. The van der Waals surface area contributed by atoms with E-state index in [2.05, 4.69) is 30.2 Å². The maximum Gasteiger partial charge on any atom is 0.303 e. The van der Waals surface area contributed by atoms with Crippen molar-refractivity contribution in [1.29, 1.82) is 0 Å². The third-order valence-corrected chi connectivity index (χ3v) is 8.47. The average molecular weight is 681 g/mol. The minimum absolute atomic E-state index is 0.0787. The van der Waals surface area contributed by atoms with Crippen LogP contribution in [0, 0.1) is 0 Å². The predicted octanol–water partition coefficient (Wildman–Crippen LogP) is 0.430. The number of carbonyl (C=O) groups excluding carboxylic acids is 1. The fourth-order valence-electron chi connectivity index (χ4n) is 4.18. The van der Waals surface area contributed by atoms with Crippen LogP contribution in [0.5, 0.6) is 0 Å². The number of aliphatic hydroxyl groups excluding tert-OH is 3. The van der Waals surface area contributed by atoms with Gasteiger partial charge in [-0.05, 0) is 50.7 Å². The first-order valence-electron chi connectivity index (χ1n) is 14.1. The van der Waals surface area contributed by atoms with Crippen molar-refractivity contribution >= 4 is 31.6 Å². The molecule has 0 saturated heterocycles. The summed E-state index contributed by atoms with van der Waals surface area (Å²) in [7, 11) is -7.33. The van der Waals surface area contributed by atoms with Crippen molar-refractivity contribution in [1.82, 2.24) is 30.2 Å². The van der Waals surface area contributed by atoms with Crippen LogP contribution in [-0.4, -0.2) is 111 Å². The van der Waals surface area contributed by atoms with Crippen molar-refractivity contribution in [2.24, 2.45) is 0 Å². The molecule has 3 aromatic rings. The van der Waals surface area contributed by atoms with Crippen LogP contribution >= 0.6 is 0 Å². The number of aliphatic hydroxyl groups is 3. The van der Waals surface area contributed by atoms with Crippen LogP contribution < -0.4 is 5.32 Å². The summed E-state index contributed by atoms with van der Waals surface area (Å²) in [5.74, 6) is -1.54. The number of carbonyl (C=O) groups is 2. The van der Waals surface area contributed by atoms with Crippen LogP contribution in [0.2, 0.25) is 0 Å². The zero-order valence-electron chi connectivity index (χ0n) is 25.1. The van der Waals surface area contributed by atoms with Gasteiger partial charge in [0, 0.05) is 67.0 Å². The first-order valence-corrected chi connectivity index (χ1v) is 17.9. The van der Waals surface area contributed by atoms with Gasteiger partial charge in [0.2, 0.25) is 30.0 Å². The van der Waals surface area contributed by atoms with Crippen LogP contribution in [0.4, 0.5) is 0 Å². The van der Waals surface area contributed by atoms with Gasteiger partial charge in [-0.3, -0.25) is 9.59 Å². The monoisotopic (exact) mass is 680 g/mol. The number of carboxylic acid groups (broad SMARTS) is 1. The number of amides is 1. The smallest absolute Gasteiger partial charge is 0.303 e. The summed E-state index contributed by atoms with van der Waals surface area (Å²) in [5.41, 5.74) is 1.13. The van der Waals surface area contributed by atoms with Gasteiger partial charge in [0.15, 0.2) is 0 Å². The Bertz CT molecular complexity index is 1630. The number of nitrogens with one attached hydrogen (secondary N) is 1. The molecule has 3 rings (SSSR count). The van der Waals surface area contributed by atoms with Gasteiger partial charge in [-0.15, -0.1) is 0 Å². The molecule has 0 radical (unpaired) electrons. The Hall–Kier alpha value is -3.97. The molecule has 3 aromatic heterocycles. The number of hydrogen-bond donors (Lipinski definition) is 5. The van der Waals surface area contributed by atoms with E-state index in [4.69, 9.17) is 5.11 Å². The van der Waals surface area contributed by atoms with Crippen molar-refractivity contribution in [3.63, 3.8) is 0 Å². The number of nitrogens with zero attached hydrogens (tertiary/aromatic N) is 5. The Balaban J connectivity index is 1.68. The molecule has 0 fully saturated rings. The molecule has 46 heavy (non-hydrogen) atoms. The second-order valence-electron chi connectivity index (χ2n) is 10.8. The van der Waals surface area contributed by atoms with Crippen LogP contribution in [0.3, 0.4) is 0 Å². The van der Waals surface area contributed by atoms with E-state index in [0.29, 0.717) is 11.1 Å². The molecule has 0 spiro atoms. The Morgan fingerprint density at radius 3 is 1.48 bits per heavy atom. The molecule has 0 bridgehead atoms. The summed E-state index contributed by atoms with van der Waals surface area (Å²) < 4.78 is 47.1. The van der Waals surface area contributed by atoms with Gasteiger partial charge in [0.1, 0.15) is 0 Å². The van der Waals surface area contributed by atoms with Gasteiger partial charge in [0.25, 0.3) is 5.91 Å². The topological polar surface area (TPSA) is 260 Å². The molecule has 0 aliphatic carbocycles. The van der Waals surface area contributed by atoms with Gasteiger partial charge in [-0.1, -0.05) is 0 Å². The minimum Gasteiger partial charge on any atom is -0.481 e. The van der Waals surface area contributed by atoms with Crippen molar-refractivity contribution in [3.8, 4) is 22.5 Å². The molecule has 1 amide bonds. The molecule has 18 heteroatoms. The molecular formula is C28H36N6O10S2. The van der Waals surface area contributed by atoms with Crippen molar-refractivity contribution in [3.05, 3.63) is 42.5 Å². The second kappa shape index (κ2) is 16.0. The Labute approximate surface area is 265 Å². The van der Waals surface area contributed by atoms with Crippen LogP contribution in [-0.2, 0) is 24.5 Å². The number of aliphatic carboxylic acids is 1. The average Bonchev–Trinajstić information content (AvgIpc) is 3.00. The van der Waals surface area contributed by atoms with Crippen molar-refractivity contribution < 1.29 is 46.9 Å². The second-order valence-corrected chi connectivity index (χ2v) is 14.6. The molecule has 0 saturated carbocycles. The summed E-state index contributed by atoms with van der Waals surface area (Å²) in [5, 5.41) is 40.9. The van der Waals surface area contributed by atoms with E-state index in [0.717, 1.165) is 12.5 Å². The molecule has 3 unspecified atom stereocenters. The number of aromatic nitrogens is 5. The molecule has 3 atom stereocenters. The normalized spacial score (nSPS) is 13.9. The molecule has 0 aliphatic rings. The fourth-order valence-corrected chi connectivity index (χ4v) is 5.16. The van der Waals surface area contributed by atoms with Gasteiger partial charge >= 0.3 is 5.97 Å². The predicted molar refractivity (Wildman–Crippen MR) is 163 cm³/mol. The first-order chi connectivity index (χ1) is 21.5. The van der Waals surface area contributed by atoms with Crippen molar-refractivity contribution in [2.75, 3.05) is 19.1 Å². The third-order valence-electron chi connectivity index (χ3n) is 6.72. The summed E-state index contributed by atoms with van der Waals surface area (Å²) in [4.78, 5) is 43.7. The number of rotatable bonds is 17. The van der Waals surface area contributed by atoms with Gasteiger partial charge < -0.3 is 25.7 Å². The van der Waals surface area contributed by atoms with Gasteiger partial charge in [0.05, 0.1) is 29.7 Å². The number of hydrogen-bond acceptors (Lipinski definition) is 14. The standard InChI is InChI=1S/C28H36N6O10S2/c1-45(41,42)27-30-13-18(14-31-27)23-11-17(12-24(34-23)19-15-32-28(33-16-19)46(2,43)44)26(40)29-10-9-22(37)6-5-20(35)3-4-21(36)7-8-25(38)39/h11-16,20-22,35-37H,3-10H2,1-2H3,(H,29,40)(H,38,39). The van der Waals surface area contributed by atoms with E-state index in [-0.39, 0.29) is 68.4 Å². The van der Waals surface area contributed by atoms with E-state index in [1.54, 1.807) is 0 Å². The third kappa shape index (κ3) is 11.4. The van der Waals surface area contributed by atoms with Crippen LogP contribution in [0.15, 0.2) is 47.2 Å². The maximum absolute atomic E-state index is 13.1. The van der Waals surface area contributed by atoms with Crippen molar-refractivity contribution in [2.45, 2.75) is 73.6 Å². The lowest BCUT2D eigenvalue weighted by atomic mass is 10.0. The minimum atomic E-state index is -3.66. The van der Waals surface area contributed by atoms with E-state index in [1.807, 2.05) is 0 Å². The maximum atomic E-state index is 13.1.